The number of esters is 1. The van der Waals surface area contributed by atoms with E-state index in [4.69, 9.17) is 11.6 Å². The van der Waals surface area contributed by atoms with E-state index in [0.29, 0.717) is 26.1 Å². The average Bonchev–Trinajstić information content (AvgIpc) is 2.85. The van der Waals surface area contributed by atoms with E-state index < -0.39 is 26.3 Å². The van der Waals surface area contributed by atoms with Gasteiger partial charge in [-0.05, 0) is 53.9 Å². The van der Waals surface area contributed by atoms with Crippen molar-refractivity contribution >= 4 is 68.1 Å². The highest BCUT2D eigenvalue weighted by Gasteiger charge is 2.25. The molecule has 36 heavy (non-hydrogen) atoms. The zero-order valence-electron chi connectivity index (χ0n) is 18.9. The number of nitrogens with zero attached hydrogens (tertiary/aromatic N) is 1. The van der Waals surface area contributed by atoms with E-state index >= 15 is 0 Å². The molecule has 0 radical (unpaired) electrons. The first-order valence-electron chi connectivity index (χ1n) is 10.4. The monoisotopic (exact) mass is 542 g/mol. The van der Waals surface area contributed by atoms with Crippen molar-refractivity contribution < 1.29 is 23.5 Å². The Balaban J connectivity index is 1.64. The van der Waals surface area contributed by atoms with Gasteiger partial charge >= 0.3 is 5.97 Å². The quantitative estimate of drug-likeness (QED) is 0.146. The van der Waals surface area contributed by atoms with Crippen LogP contribution in [0.3, 0.4) is 0 Å². The van der Waals surface area contributed by atoms with Crippen LogP contribution >= 0.6 is 23.4 Å². The molecule has 3 aromatic rings. The molecule has 8 nitrogen and oxygen atoms in total. The third-order valence-electron chi connectivity index (χ3n) is 5.35. The van der Waals surface area contributed by atoms with Gasteiger partial charge in [-0.15, -0.1) is 0 Å². The first-order valence-corrected chi connectivity index (χ1v) is 13.5. The summed E-state index contributed by atoms with van der Waals surface area (Å²) in [5.41, 5.74) is 1.02. The van der Waals surface area contributed by atoms with Crippen LogP contribution in [-0.2, 0) is 24.8 Å². The number of amides is 1. The SMILES string of the molecule is C=S(=O)(Cc1ccccc1Cl)c1ccc2c(c1)NC(=O)/C(=C/c1ccc(C(=O)OC)cc1[N+](=O)[O-])S2. The van der Waals surface area contributed by atoms with Crippen molar-refractivity contribution in [3.8, 4) is 0 Å². The Morgan fingerprint density at radius 1 is 1.22 bits per heavy atom. The van der Waals surface area contributed by atoms with Crippen molar-refractivity contribution in [1.29, 1.82) is 0 Å². The third-order valence-corrected chi connectivity index (χ3v) is 8.71. The number of benzene rings is 3. The lowest BCUT2D eigenvalue weighted by Gasteiger charge is -2.20. The second-order valence-electron chi connectivity index (χ2n) is 7.79. The molecule has 1 unspecified atom stereocenters. The van der Waals surface area contributed by atoms with Crippen LogP contribution in [0.2, 0.25) is 5.02 Å². The Hall–Kier alpha value is -3.60. The molecule has 0 aromatic heterocycles. The lowest BCUT2D eigenvalue weighted by atomic mass is 10.1. The Morgan fingerprint density at radius 2 is 1.97 bits per heavy atom. The van der Waals surface area contributed by atoms with Crippen LogP contribution in [0.25, 0.3) is 6.08 Å². The first kappa shape index (κ1) is 25.5. The predicted octanol–water partition coefficient (Wildman–Crippen LogP) is 5.40. The number of thioether (sulfide) groups is 1. The summed E-state index contributed by atoms with van der Waals surface area (Å²) in [4.78, 5) is 36.8. The topological polar surface area (TPSA) is 116 Å². The molecule has 11 heteroatoms. The maximum absolute atomic E-state index is 13.4. The van der Waals surface area contributed by atoms with Crippen molar-refractivity contribution in [2.75, 3.05) is 12.4 Å². The number of carbonyl (C=O) groups excluding carboxylic acids is 2. The number of nitro benzene ring substituents is 1. The van der Waals surface area contributed by atoms with Crippen LogP contribution in [0.4, 0.5) is 11.4 Å². The normalized spacial score (nSPS) is 15.5. The number of methoxy groups -OCH3 is 1. The summed E-state index contributed by atoms with van der Waals surface area (Å²) in [6.07, 6.45) is 1.39. The second kappa shape index (κ2) is 10.2. The molecule has 0 saturated carbocycles. The van der Waals surface area contributed by atoms with Gasteiger partial charge in [0.05, 0.1) is 33.8 Å². The molecule has 0 fully saturated rings. The van der Waals surface area contributed by atoms with E-state index in [0.717, 1.165) is 17.8 Å². The van der Waals surface area contributed by atoms with E-state index in [9.17, 15) is 23.9 Å². The van der Waals surface area contributed by atoms with Crippen LogP contribution in [0, 0.1) is 10.1 Å². The first-order chi connectivity index (χ1) is 17.1. The summed E-state index contributed by atoms with van der Waals surface area (Å²) in [6.45, 7) is 0. The van der Waals surface area contributed by atoms with Crippen LogP contribution in [0.1, 0.15) is 21.5 Å². The molecule has 0 bridgehead atoms. The number of carbonyl (C=O) groups is 2. The Morgan fingerprint density at radius 3 is 2.67 bits per heavy atom. The molecule has 1 heterocycles. The van der Waals surface area contributed by atoms with Crippen LogP contribution < -0.4 is 5.32 Å². The number of halogens is 1. The van der Waals surface area contributed by atoms with Gasteiger partial charge in [-0.1, -0.05) is 41.6 Å². The molecule has 1 N–H and O–H groups in total. The molecular formula is C25H19ClN2O6S2. The summed E-state index contributed by atoms with van der Waals surface area (Å²) in [7, 11) is -1.57. The van der Waals surface area contributed by atoms with E-state index in [1.165, 1.54) is 25.3 Å². The molecule has 1 aliphatic rings. The van der Waals surface area contributed by atoms with Gasteiger partial charge in [-0.2, -0.15) is 0 Å². The van der Waals surface area contributed by atoms with E-state index in [2.05, 4.69) is 15.9 Å². The minimum atomic E-state index is -2.75. The fourth-order valence-corrected chi connectivity index (χ4v) is 6.30. The van der Waals surface area contributed by atoms with Gasteiger partial charge in [0.2, 0.25) is 0 Å². The Kier molecular flexibility index (Phi) is 7.21. The third kappa shape index (κ3) is 5.30. The molecule has 1 aliphatic heterocycles. The zero-order chi connectivity index (χ0) is 26.0. The molecule has 4 rings (SSSR count). The van der Waals surface area contributed by atoms with Crippen LogP contribution in [-0.4, -0.2) is 34.0 Å². The van der Waals surface area contributed by atoms with Crippen LogP contribution in [0.5, 0.6) is 0 Å². The second-order valence-corrected chi connectivity index (χ2v) is 11.7. The largest absolute Gasteiger partial charge is 0.465 e. The van der Waals surface area contributed by atoms with Crippen molar-refractivity contribution in [2.45, 2.75) is 15.5 Å². The minimum Gasteiger partial charge on any atom is -0.465 e. The van der Waals surface area contributed by atoms with Crippen molar-refractivity contribution in [3.05, 3.63) is 97.4 Å². The maximum Gasteiger partial charge on any atom is 0.338 e. The Bertz CT molecular complexity index is 1550. The lowest BCUT2D eigenvalue weighted by molar-refractivity contribution is -0.385. The predicted molar refractivity (Wildman–Crippen MR) is 142 cm³/mol. The number of nitrogens with one attached hydrogen (secondary N) is 1. The molecule has 0 aliphatic carbocycles. The van der Waals surface area contributed by atoms with Gasteiger partial charge in [-0.3, -0.25) is 19.1 Å². The molecule has 1 atom stereocenters. The van der Waals surface area contributed by atoms with E-state index in [-0.39, 0.29) is 27.5 Å². The van der Waals surface area contributed by atoms with Gasteiger partial charge in [-0.25, -0.2) is 4.79 Å². The zero-order valence-corrected chi connectivity index (χ0v) is 21.2. The van der Waals surface area contributed by atoms with E-state index in [1.807, 2.05) is 6.07 Å². The van der Waals surface area contributed by atoms with Gasteiger partial charge in [0.15, 0.2) is 0 Å². The van der Waals surface area contributed by atoms with E-state index in [1.54, 1.807) is 36.4 Å². The number of hydrogen-bond donors (Lipinski definition) is 1. The number of fused-ring (bicyclic) bond motifs is 1. The molecule has 3 aromatic carbocycles. The number of nitro groups is 1. The maximum atomic E-state index is 13.4. The summed E-state index contributed by atoms with van der Waals surface area (Å²) in [5, 5.41) is 14.8. The molecular weight excluding hydrogens is 524 g/mol. The molecule has 0 spiro atoms. The Labute approximate surface area is 216 Å². The molecule has 1 amide bonds. The summed E-state index contributed by atoms with van der Waals surface area (Å²) in [6, 6.07) is 16.0. The van der Waals surface area contributed by atoms with Crippen molar-refractivity contribution in [1.82, 2.24) is 0 Å². The molecule has 184 valence electrons. The number of rotatable bonds is 6. The average molecular weight is 543 g/mol. The number of hydrogen-bond acceptors (Lipinski definition) is 7. The highest BCUT2D eigenvalue weighted by Crippen LogP contribution is 2.41. The fourth-order valence-electron chi connectivity index (χ4n) is 3.53. The standard InChI is InChI=1S/C25H19ClN2O6S2/c1-34-25(30)16-8-7-15(21(11-16)28(31)32)12-23-24(29)27-20-13-18(9-10-22(20)35-23)36(2,33)14-17-5-3-4-6-19(17)26/h3-13H,2,14H2,1H3,(H,27,29)/b23-12-. The van der Waals surface area contributed by atoms with Crippen molar-refractivity contribution in [3.63, 3.8) is 0 Å². The van der Waals surface area contributed by atoms with Gasteiger partial charge in [0, 0.05) is 36.2 Å². The molecule has 0 saturated heterocycles. The summed E-state index contributed by atoms with van der Waals surface area (Å²) in [5.74, 6) is 2.87. The summed E-state index contributed by atoms with van der Waals surface area (Å²) < 4.78 is 18.0. The highest BCUT2D eigenvalue weighted by molar-refractivity contribution is 8.04. The highest BCUT2D eigenvalue weighted by atomic mass is 35.5. The lowest BCUT2D eigenvalue weighted by Crippen LogP contribution is -2.18. The fraction of sp³-hybridized carbons (Fsp3) is 0.0800. The number of ether oxygens (including phenoxy) is 1. The number of anilines is 1. The van der Waals surface area contributed by atoms with Gasteiger partial charge in [0.25, 0.3) is 11.6 Å². The van der Waals surface area contributed by atoms with Crippen molar-refractivity contribution in [2.24, 2.45) is 0 Å². The van der Waals surface area contributed by atoms with Gasteiger partial charge in [0.1, 0.15) is 0 Å². The minimum absolute atomic E-state index is 0.0264. The summed E-state index contributed by atoms with van der Waals surface area (Å²) >= 11 is 7.33. The van der Waals surface area contributed by atoms with Gasteiger partial charge < -0.3 is 10.1 Å². The smallest absolute Gasteiger partial charge is 0.338 e. The van der Waals surface area contributed by atoms with Crippen LogP contribution in [0.15, 0.2) is 75.4 Å².